The Kier molecular flexibility index (Phi) is 3.57. The van der Waals surface area contributed by atoms with Gasteiger partial charge in [0.15, 0.2) is 0 Å². The third kappa shape index (κ3) is 2.89. The predicted molar refractivity (Wildman–Crippen MR) is 70.8 cm³/mol. The lowest BCUT2D eigenvalue weighted by Gasteiger charge is -2.29. The van der Waals surface area contributed by atoms with Gasteiger partial charge in [-0.25, -0.2) is 4.98 Å². The minimum atomic E-state index is 0.228. The van der Waals surface area contributed by atoms with Crippen molar-refractivity contribution in [2.45, 2.75) is 52.6 Å². The van der Waals surface area contributed by atoms with Gasteiger partial charge < -0.3 is 9.88 Å². The minimum Gasteiger partial charge on any atom is -0.327 e. The highest BCUT2D eigenvalue weighted by Gasteiger charge is 2.39. The lowest BCUT2D eigenvalue weighted by molar-refractivity contribution is 0.293. The fraction of sp³-hybridized carbons (Fsp3) is 0.786. The Labute approximate surface area is 105 Å². The highest BCUT2D eigenvalue weighted by molar-refractivity contribution is 5.06. The predicted octanol–water partition coefficient (Wildman–Crippen LogP) is 2.77. The van der Waals surface area contributed by atoms with E-state index in [0.717, 1.165) is 19.0 Å². The first-order valence-corrected chi connectivity index (χ1v) is 6.74. The van der Waals surface area contributed by atoms with Crippen molar-refractivity contribution in [3.8, 4) is 0 Å². The van der Waals surface area contributed by atoms with Crippen LogP contribution < -0.4 is 5.32 Å². The van der Waals surface area contributed by atoms with Crippen molar-refractivity contribution in [3.05, 3.63) is 18.2 Å². The van der Waals surface area contributed by atoms with Gasteiger partial charge in [0.05, 0.1) is 12.0 Å². The largest absolute Gasteiger partial charge is 0.327 e. The second-order valence-electron chi connectivity index (χ2n) is 6.21. The fourth-order valence-corrected chi connectivity index (χ4v) is 2.45. The minimum absolute atomic E-state index is 0.228. The third-order valence-electron chi connectivity index (χ3n) is 3.77. The van der Waals surface area contributed by atoms with Crippen LogP contribution in [0.2, 0.25) is 0 Å². The summed E-state index contributed by atoms with van der Waals surface area (Å²) in [5, 5.41) is 3.50. The molecule has 0 atom stereocenters. The Morgan fingerprint density at radius 2 is 2.18 bits per heavy atom. The molecule has 1 heterocycles. The van der Waals surface area contributed by atoms with Gasteiger partial charge in [0.25, 0.3) is 0 Å². The molecule has 0 radical (unpaired) electrons. The Balaban J connectivity index is 2.01. The van der Waals surface area contributed by atoms with E-state index in [9.17, 15) is 0 Å². The van der Waals surface area contributed by atoms with Gasteiger partial charge in [0, 0.05) is 18.3 Å². The maximum atomic E-state index is 4.32. The van der Waals surface area contributed by atoms with Crippen LogP contribution in [0.3, 0.4) is 0 Å². The standard InChI is InChI=1S/C14H25N3/c1-11(2)7-15-8-13-9-16-10-17(13)14(3,4)12-5-6-12/h9-12,15H,5-8H2,1-4H3. The van der Waals surface area contributed by atoms with Crippen LogP contribution in [-0.2, 0) is 12.1 Å². The lowest BCUT2D eigenvalue weighted by Crippen LogP contribution is -2.31. The van der Waals surface area contributed by atoms with Crippen LogP contribution in [0, 0.1) is 11.8 Å². The second-order valence-corrected chi connectivity index (χ2v) is 6.21. The van der Waals surface area contributed by atoms with Crippen LogP contribution in [0.1, 0.15) is 46.2 Å². The number of rotatable bonds is 6. The highest BCUT2D eigenvalue weighted by Crippen LogP contribution is 2.44. The van der Waals surface area contributed by atoms with Crippen molar-refractivity contribution in [2.24, 2.45) is 11.8 Å². The van der Waals surface area contributed by atoms with Crippen LogP contribution in [0.25, 0.3) is 0 Å². The maximum Gasteiger partial charge on any atom is 0.0953 e. The molecule has 1 saturated carbocycles. The van der Waals surface area contributed by atoms with E-state index in [1.165, 1.54) is 18.5 Å². The van der Waals surface area contributed by atoms with Crippen molar-refractivity contribution >= 4 is 0 Å². The molecule has 0 spiro atoms. The summed E-state index contributed by atoms with van der Waals surface area (Å²) in [6.07, 6.45) is 6.72. The van der Waals surface area contributed by atoms with Gasteiger partial charge >= 0.3 is 0 Å². The molecule has 1 aromatic heterocycles. The molecule has 0 bridgehead atoms. The summed E-state index contributed by atoms with van der Waals surface area (Å²) in [6, 6.07) is 0. The summed E-state index contributed by atoms with van der Waals surface area (Å²) in [5.74, 6) is 1.53. The molecule has 1 N–H and O–H groups in total. The molecule has 1 aliphatic rings. The van der Waals surface area contributed by atoms with Crippen molar-refractivity contribution < 1.29 is 0 Å². The molecular formula is C14H25N3. The fourth-order valence-electron chi connectivity index (χ4n) is 2.45. The number of nitrogens with one attached hydrogen (secondary N) is 1. The zero-order valence-electron chi connectivity index (χ0n) is 11.5. The SMILES string of the molecule is CC(C)CNCc1cncn1C(C)(C)C1CC1. The molecule has 0 saturated heterocycles. The molecule has 0 unspecified atom stereocenters. The van der Waals surface area contributed by atoms with Crippen molar-refractivity contribution in [2.75, 3.05) is 6.54 Å². The molecule has 0 aliphatic heterocycles. The van der Waals surface area contributed by atoms with Crippen LogP contribution in [0.5, 0.6) is 0 Å². The molecule has 96 valence electrons. The van der Waals surface area contributed by atoms with Gasteiger partial charge in [-0.1, -0.05) is 13.8 Å². The van der Waals surface area contributed by atoms with E-state index in [4.69, 9.17) is 0 Å². The van der Waals surface area contributed by atoms with Gasteiger partial charge in [-0.2, -0.15) is 0 Å². The summed E-state index contributed by atoms with van der Waals surface area (Å²) < 4.78 is 2.36. The molecule has 1 aromatic rings. The monoisotopic (exact) mass is 235 g/mol. The first kappa shape index (κ1) is 12.6. The lowest BCUT2D eigenvalue weighted by atomic mass is 9.98. The number of nitrogens with zero attached hydrogens (tertiary/aromatic N) is 2. The zero-order valence-corrected chi connectivity index (χ0v) is 11.5. The maximum absolute atomic E-state index is 4.32. The summed E-state index contributed by atoms with van der Waals surface area (Å²) in [4.78, 5) is 4.32. The van der Waals surface area contributed by atoms with Gasteiger partial charge in [0.1, 0.15) is 0 Å². The van der Waals surface area contributed by atoms with Crippen LogP contribution >= 0.6 is 0 Å². The smallest absolute Gasteiger partial charge is 0.0953 e. The van der Waals surface area contributed by atoms with Gasteiger partial charge in [0.2, 0.25) is 0 Å². The molecule has 17 heavy (non-hydrogen) atoms. The third-order valence-corrected chi connectivity index (χ3v) is 3.77. The molecule has 1 fully saturated rings. The van der Waals surface area contributed by atoms with Crippen LogP contribution in [0.15, 0.2) is 12.5 Å². The van der Waals surface area contributed by atoms with E-state index in [-0.39, 0.29) is 5.54 Å². The molecule has 3 heteroatoms. The molecule has 3 nitrogen and oxygen atoms in total. The number of hydrogen-bond donors (Lipinski definition) is 1. The van der Waals surface area contributed by atoms with Gasteiger partial charge in [-0.3, -0.25) is 0 Å². The summed E-state index contributed by atoms with van der Waals surface area (Å²) in [7, 11) is 0. The Morgan fingerprint density at radius 3 is 2.76 bits per heavy atom. The first-order valence-electron chi connectivity index (χ1n) is 6.74. The van der Waals surface area contributed by atoms with Crippen molar-refractivity contribution in [3.63, 3.8) is 0 Å². The van der Waals surface area contributed by atoms with E-state index in [1.807, 2.05) is 12.5 Å². The Hall–Kier alpha value is -0.830. The van der Waals surface area contributed by atoms with Crippen molar-refractivity contribution in [1.82, 2.24) is 14.9 Å². The number of aromatic nitrogens is 2. The first-order chi connectivity index (χ1) is 8.01. The quantitative estimate of drug-likeness (QED) is 0.821. The average molecular weight is 235 g/mol. The topological polar surface area (TPSA) is 29.9 Å². The Bertz CT molecular complexity index is 361. The second kappa shape index (κ2) is 4.81. The van der Waals surface area contributed by atoms with E-state index in [0.29, 0.717) is 5.92 Å². The van der Waals surface area contributed by atoms with Gasteiger partial charge in [-0.05, 0) is 45.1 Å². The van der Waals surface area contributed by atoms with Crippen LogP contribution in [0.4, 0.5) is 0 Å². The molecule has 0 amide bonds. The summed E-state index contributed by atoms with van der Waals surface area (Å²) in [5.41, 5.74) is 1.54. The normalized spacial score (nSPS) is 16.8. The number of imidazole rings is 1. The van der Waals surface area contributed by atoms with Gasteiger partial charge in [-0.15, -0.1) is 0 Å². The number of hydrogen-bond acceptors (Lipinski definition) is 2. The molecule has 0 aromatic carbocycles. The van der Waals surface area contributed by atoms with Crippen molar-refractivity contribution in [1.29, 1.82) is 0 Å². The molecular weight excluding hydrogens is 210 g/mol. The van der Waals surface area contributed by atoms with E-state index >= 15 is 0 Å². The summed E-state index contributed by atoms with van der Waals surface area (Å²) >= 11 is 0. The molecule has 2 rings (SSSR count). The van der Waals surface area contributed by atoms with E-state index in [1.54, 1.807) is 0 Å². The highest BCUT2D eigenvalue weighted by atomic mass is 15.1. The zero-order chi connectivity index (χ0) is 12.5. The van der Waals surface area contributed by atoms with E-state index in [2.05, 4.69) is 42.6 Å². The summed E-state index contributed by atoms with van der Waals surface area (Å²) in [6.45, 7) is 11.1. The average Bonchev–Trinajstić information content (AvgIpc) is 2.99. The van der Waals surface area contributed by atoms with Crippen LogP contribution in [-0.4, -0.2) is 16.1 Å². The molecule has 1 aliphatic carbocycles. The Morgan fingerprint density at radius 1 is 1.47 bits per heavy atom. The van der Waals surface area contributed by atoms with E-state index < -0.39 is 0 Å².